The smallest absolute Gasteiger partial charge is 0.194 e. The van der Waals surface area contributed by atoms with Gasteiger partial charge in [-0.1, -0.05) is 13.8 Å². The average Bonchev–Trinajstić information content (AvgIpc) is 2.34. The number of carbonyl (C=O) groups excluding carboxylic acids is 1. The lowest BCUT2D eigenvalue weighted by Crippen LogP contribution is -1.92. The molecular weight excluding hydrogens is 152 g/mol. The first-order valence-corrected chi connectivity index (χ1v) is 4.19. The predicted octanol–water partition coefficient (Wildman–Crippen LogP) is 2.68. The Morgan fingerprint density at radius 2 is 2.17 bits per heavy atom. The third kappa shape index (κ3) is 2.22. The molecule has 0 atom stereocenters. The molecule has 0 aliphatic heterocycles. The molecular formula is C10H14O2. The van der Waals surface area contributed by atoms with Crippen molar-refractivity contribution >= 4 is 5.78 Å². The summed E-state index contributed by atoms with van der Waals surface area (Å²) in [6.45, 7) is 5.75. The fourth-order valence-electron chi connectivity index (χ4n) is 1.08. The summed E-state index contributed by atoms with van der Waals surface area (Å²) in [5.41, 5.74) is 0. The Bertz CT molecular complexity index is 271. The van der Waals surface area contributed by atoms with E-state index in [1.54, 1.807) is 6.07 Å². The van der Waals surface area contributed by atoms with Crippen LogP contribution in [0.15, 0.2) is 16.5 Å². The van der Waals surface area contributed by atoms with E-state index in [1.165, 1.54) is 6.92 Å². The van der Waals surface area contributed by atoms with Crippen molar-refractivity contribution in [2.45, 2.75) is 27.2 Å². The lowest BCUT2D eigenvalue weighted by molar-refractivity contribution is 0.0985. The monoisotopic (exact) mass is 166 g/mol. The van der Waals surface area contributed by atoms with E-state index in [1.807, 2.05) is 6.07 Å². The first-order valence-electron chi connectivity index (χ1n) is 4.19. The van der Waals surface area contributed by atoms with Gasteiger partial charge in [-0.25, -0.2) is 0 Å². The van der Waals surface area contributed by atoms with Gasteiger partial charge in [-0.2, -0.15) is 0 Å². The molecule has 0 N–H and O–H groups in total. The average molecular weight is 166 g/mol. The van der Waals surface area contributed by atoms with Gasteiger partial charge in [0, 0.05) is 13.3 Å². The molecule has 0 unspecified atom stereocenters. The summed E-state index contributed by atoms with van der Waals surface area (Å²) in [5.74, 6) is 1.92. The highest BCUT2D eigenvalue weighted by Crippen LogP contribution is 2.12. The molecule has 1 rings (SSSR count). The highest BCUT2D eigenvalue weighted by atomic mass is 16.3. The number of rotatable bonds is 3. The second-order valence-electron chi connectivity index (χ2n) is 3.42. The molecule has 12 heavy (non-hydrogen) atoms. The van der Waals surface area contributed by atoms with E-state index >= 15 is 0 Å². The molecule has 1 aromatic rings. The molecule has 0 saturated heterocycles. The summed E-state index contributed by atoms with van der Waals surface area (Å²) >= 11 is 0. The third-order valence-corrected chi connectivity index (χ3v) is 1.62. The molecule has 0 amide bonds. The Morgan fingerprint density at radius 3 is 2.58 bits per heavy atom. The summed E-state index contributed by atoms with van der Waals surface area (Å²) in [4.78, 5) is 10.9. The molecule has 66 valence electrons. The number of hydrogen-bond donors (Lipinski definition) is 0. The van der Waals surface area contributed by atoms with Crippen LogP contribution in [0, 0.1) is 5.92 Å². The van der Waals surface area contributed by atoms with Crippen molar-refractivity contribution in [1.29, 1.82) is 0 Å². The Balaban J connectivity index is 2.71. The number of hydrogen-bond acceptors (Lipinski definition) is 2. The Kier molecular flexibility index (Phi) is 2.69. The number of Topliss-reactive ketones (excluding diaryl/α,β-unsaturated/α-hetero) is 1. The molecule has 0 saturated carbocycles. The van der Waals surface area contributed by atoms with Gasteiger partial charge in [0.2, 0.25) is 0 Å². The van der Waals surface area contributed by atoms with Gasteiger partial charge >= 0.3 is 0 Å². The Morgan fingerprint density at radius 1 is 1.50 bits per heavy atom. The molecule has 0 aromatic carbocycles. The fraction of sp³-hybridized carbons (Fsp3) is 0.500. The van der Waals surface area contributed by atoms with Gasteiger partial charge in [-0.05, 0) is 18.1 Å². The van der Waals surface area contributed by atoms with Crippen molar-refractivity contribution in [3.8, 4) is 0 Å². The van der Waals surface area contributed by atoms with Crippen LogP contribution < -0.4 is 0 Å². The largest absolute Gasteiger partial charge is 0.458 e. The van der Waals surface area contributed by atoms with Crippen molar-refractivity contribution in [1.82, 2.24) is 0 Å². The van der Waals surface area contributed by atoms with Gasteiger partial charge in [0.1, 0.15) is 5.76 Å². The summed E-state index contributed by atoms with van der Waals surface area (Å²) in [7, 11) is 0. The van der Waals surface area contributed by atoms with Crippen molar-refractivity contribution in [2.24, 2.45) is 5.92 Å². The van der Waals surface area contributed by atoms with Crippen molar-refractivity contribution in [3.05, 3.63) is 23.7 Å². The zero-order valence-electron chi connectivity index (χ0n) is 7.76. The molecule has 1 aromatic heterocycles. The summed E-state index contributed by atoms with van der Waals surface area (Å²) in [6.07, 6.45) is 0.896. The topological polar surface area (TPSA) is 30.2 Å². The number of ketones is 1. The van der Waals surface area contributed by atoms with Gasteiger partial charge in [0.05, 0.1) is 0 Å². The van der Waals surface area contributed by atoms with Crippen LogP contribution in [0.2, 0.25) is 0 Å². The Hall–Kier alpha value is -1.05. The molecule has 0 fully saturated rings. The molecule has 0 bridgehead atoms. The third-order valence-electron chi connectivity index (χ3n) is 1.62. The van der Waals surface area contributed by atoms with E-state index in [2.05, 4.69) is 13.8 Å². The zero-order chi connectivity index (χ0) is 9.14. The van der Waals surface area contributed by atoms with Crippen LogP contribution in [0.3, 0.4) is 0 Å². The highest BCUT2D eigenvalue weighted by molar-refractivity contribution is 5.91. The second kappa shape index (κ2) is 3.57. The van der Waals surface area contributed by atoms with Crippen LogP contribution in [0.1, 0.15) is 37.1 Å². The minimum absolute atomic E-state index is 0.00925. The maximum Gasteiger partial charge on any atom is 0.194 e. The van der Waals surface area contributed by atoms with Crippen LogP contribution in [0.25, 0.3) is 0 Å². The SMILES string of the molecule is CC(=O)c1ccc(CC(C)C)o1. The fourth-order valence-corrected chi connectivity index (χ4v) is 1.08. The Labute approximate surface area is 72.6 Å². The molecule has 2 heteroatoms. The molecule has 0 aliphatic rings. The van der Waals surface area contributed by atoms with E-state index in [-0.39, 0.29) is 5.78 Å². The van der Waals surface area contributed by atoms with Gasteiger partial charge in [0.15, 0.2) is 11.5 Å². The van der Waals surface area contributed by atoms with E-state index in [4.69, 9.17) is 4.42 Å². The summed E-state index contributed by atoms with van der Waals surface area (Å²) < 4.78 is 5.31. The van der Waals surface area contributed by atoms with Crippen molar-refractivity contribution < 1.29 is 9.21 Å². The zero-order valence-corrected chi connectivity index (χ0v) is 7.76. The van der Waals surface area contributed by atoms with E-state index in [0.29, 0.717) is 11.7 Å². The minimum atomic E-state index is -0.00925. The second-order valence-corrected chi connectivity index (χ2v) is 3.42. The van der Waals surface area contributed by atoms with Gasteiger partial charge in [0.25, 0.3) is 0 Å². The maximum atomic E-state index is 10.9. The number of carbonyl (C=O) groups is 1. The first-order chi connectivity index (χ1) is 5.59. The van der Waals surface area contributed by atoms with Gasteiger partial charge in [-0.15, -0.1) is 0 Å². The molecule has 1 heterocycles. The molecule has 0 spiro atoms. The van der Waals surface area contributed by atoms with Gasteiger partial charge < -0.3 is 4.42 Å². The lowest BCUT2D eigenvalue weighted by Gasteiger charge is -1.98. The van der Waals surface area contributed by atoms with Crippen molar-refractivity contribution in [3.63, 3.8) is 0 Å². The lowest BCUT2D eigenvalue weighted by atomic mass is 10.1. The summed E-state index contributed by atoms with van der Waals surface area (Å²) in [6, 6.07) is 3.61. The standard InChI is InChI=1S/C10H14O2/c1-7(2)6-9-4-5-10(12-9)8(3)11/h4-5,7H,6H2,1-3H3. The normalized spacial score (nSPS) is 10.7. The van der Waals surface area contributed by atoms with Crippen LogP contribution in [0.5, 0.6) is 0 Å². The van der Waals surface area contributed by atoms with E-state index < -0.39 is 0 Å². The van der Waals surface area contributed by atoms with Crippen molar-refractivity contribution in [2.75, 3.05) is 0 Å². The molecule has 2 nitrogen and oxygen atoms in total. The predicted molar refractivity (Wildman–Crippen MR) is 47.3 cm³/mol. The maximum absolute atomic E-state index is 10.9. The highest BCUT2D eigenvalue weighted by Gasteiger charge is 2.06. The number of furan rings is 1. The van der Waals surface area contributed by atoms with Crippen LogP contribution in [-0.4, -0.2) is 5.78 Å². The minimum Gasteiger partial charge on any atom is -0.458 e. The van der Waals surface area contributed by atoms with Crippen LogP contribution in [0.4, 0.5) is 0 Å². The van der Waals surface area contributed by atoms with E-state index in [0.717, 1.165) is 12.2 Å². The summed E-state index contributed by atoms with van der Waals surface area (Å²) in [5, 5.41) is 0. The molecule has 0 aliphatic carbocycles. The quantitative estimate of drug-likeness (QED) is 0.646. The first kappa shape index (κ1) is 9.04. The van der Waals surface area contributed by atoms with Crippen LogP contribution in [-0.2, 0) is 6.42 Å². The van der Waals surface area contributed by atoms with E-state index in [9.17, 15) is 4.79 Å². The van der Waals surface area contributed by atoms with Crippen LogP contribution >= 0.6 is 0 Å². The molecule has 0 radical (unpaired) electrons. The van der Waals surface area contributed by atoms with Gasteiger partial charge in [-0.3, -0.25) is 4.79 Å².